The number of ketones is 1. The van der Waals surface area contributed by atoms with Gasteiger partial charge in [0, 0.05) is 34.4 Å². The van der Waals surface area contributed by atoms with Gasteiger partial charge in [-0.15, -0.1) is 0 Å². The monoisotopic (exact) mass is 337 g/mol. The molecule has 0 saturated heterocycles. The first-order valence-electron chi connectivity index (χ1n) is 8.06. The Hall–Kier alpha value is -1.39. The lowest BCUT2D eigenvalue weighted by Gasteiger charge is -2.30. The Morgan fingerprint density at radius 3 is 2.65 bits per heavy atom. The molecule has 1 fully saturated rings. The number of aliphatic hydroxyl groups is 1. The SMILES string of the molecule is CC(CC(=O)NC1CCCC1(C)CO)C(=O)c1ccc(Cl)cc1. The van der Waals surface area contributed by atoms with E-state index in [1.165, 1.54) is 0 Å². The lowest BCUT2D eigenvalue weighted by atomic mass is 9.85. The molecule has 2 rings (SSSR count). The van der Waals surface area contributed by atoms with Gasteiger partial charge in [-0.25, -0.2) is 0 Å². The number of hydrogen-bond donors (Lipinski definition) is 2. The van der Waals surface area contributed by atoms with Crippen LogP contribution in [0.2, 0.25) is 5.02 Å². The Labute approximate surface area is 142 Å². The van der Waals surface area contributed by atoms with Crippen LogP contribution >= 0.6 is 11.6 Å². The van der Waals surface area contributed by atoms with Crippen LogP contribution in [0.15, 0.2) is 24.3 Å². The van der Waals surface area contributed by atoms with E-state index in [0.29, 0.717) is 10.6 Å². The van der Waals surface area contributed by atoms with E-state index in [1.54, 1.807) is 31.2 Å². The van der Waals surface area contributed by atoms with E-state index in [4.69, 9.17) is 11.6 Å². The van der Waals surface area contributed by atoms with Crippen molar-refractivity contribution in [1.82, 2.24) is 5.32 Å². The Kier molecular flexibility index (Phi) is 5.82. The van der Waals surface area contributed by atoms with Gasteiger partial charge in [0.15, 0.2) is 5.78 Å². The largest absolute Gasteiger partial charge is 0.396 e. The van der Waals surface area contributed by atoms with Crippen LogP contribution < -0.4 is 5.32 Å². The number of aliphatic hydroxyl groups excluding tert-OH is 1. The smallest absolute Gasteiger partial charge is 0.220 e. The van der Waals surface area contributed by atoms with E-state index >= 15 is 0 Å². The van der Waals surface area contributed by atoms with Crippen molar-refractivity contribution in [1.29, 1.82) is 0 Å². The molecule has 1 aliphatic carbocycles. The molecule has 0 aliphatic heterocycles. The summed E-state index contributed by atoms with van der Waals surface area (Å²) in [5, 5.41) is 13.1. The minimum Gasteiger partial charge on any atom is -0.396 e. The van der Waals surface area contributed by atoms with Crippen molar-refractivity contribution in [2.24, 2.45) is 11.3 Å². The standard InChI is InChI=1S/C18H24ClNO3/c1-12(17(23)13-5-7-14(19)8-6-13)10-16(22)20-15-4-3-9-18(15,2)11-21/h5-8,12,15,21H,3-4,9-11H2,1-2H3,(H,20,22). The second-order valence-electron chi connectivity index (χ2n) is 6.80. The van der Waals surface area contributed by atoms with Crippen LogP contribution in [0.5, 0.6) is 0 Å². The number of Topliss-reactive ketones (excluding diaryl/α,β-unsaturated/α-hetero) is 1. The molecule has 23 heavy (non-hydrogen) atoms. The average molecular weight is 338 g/mol. The molecule has 126 valence electrons. The zero-order valence-corrected chi connectivity index (χ0v) is 14.4. The minimum absolute atomic E-state index is 0.0159. The summed E-state index contributed by atoms with van der Waals surface area (Å²) in [5.74, 6) is -0.586. The van der Waals surface area contributed by atoms with Crippen LogP contribution in [0, 0.1) is 11.3 Å². The van der Waals surface area contributed by atoms with Crippen LogP contribution in [0.3, 0.4) is 0 Å². The summed E-state index contributed by atoms with van der Waals surface area (Å²) in [6.07, 6.45) is 2.94. The maximum atomic E-state index is 12.3. The third kappa shape index (κ3) is 4.33. The maximum Gasteiger partial charge on any atom is 0.220 e. The molecule has 1 saturated carbocycles. The minimum atomic E-state index is -0.391. The highest BCUT2D eigenvalue weighted by atomic mass is 35.5. The van der Waals surface area contributed by atoms with Crippen LogP contribution in [0.4, 0.5) is 0 Å². The van der Waals surface area contributed by atoms with Gasteiger partial charge in [-0.1, -0.05) is 31.9 Å². The van der Waals surface area contributed by atoms with Gasteiger partial charge in [0.25, 0.3) is 0 Å². The molecule has 0 spiro atoms. The normalized spacial score (nSPS) is 25.1. The molecule has 3 atom stereocenters. The zero-order chi connectivity index (χ0) is 17.0. The summed E-state index contributed by atoms with van der Waals surface area (Å²) in [4.78, 5) is 24.6. The molecule has 0 bridgehead atoms. The van der Waals surface area contributed by atoms with E-state index in [1.807, 2.05) is 6.92 Å². The number of benzene rings is 1. The van der Waals surface area contributed by atoms with Crippen LogP contribution in [-0.2, 0) is 4.79 Å². The lowest BCUT2D eigenvalue weighted by molar-refractivity contribution is -0.123. The first kappa shape index (κ1) is 18.0. The molecule has 1 aromatic rings. The zero-order valence-electron chi connectivity index (χ0n) is 13.6. The Morgan fingerprint density at radius 2 is 2.04 bits per heavy atom. The number of nitrogens with one attached hydrogen (secondary N) is 1. The van der Waals surface area contributed by atoms with Crippen molar-refractivity contribution in [2.75, 3.05) is 6.61 Å². The Morgan fingerprint density at radius 1 is 1.39 bits per heavy atom. The predicted molar refractivity (Wildman–Crippen MR) is 90.5 cm³/mol. The van der Waals surface area contributed by atoms with Gasteiger partial charge in [0.05, 0.1) is 6.61 Å². The molecule has 5 heteroatoms. The molecular weight excluding hydrogens is 314 g/mol. The molecule has 0 radical (unpaired) electrons. The molecular formula is C18H24ClNO3. The first-order valence-corrected chi connectivity index (χ1v) is 8.43. The summed E-state index contributed by atoms with van der Waals surface area (Å²) < 4.78 is 0. The molecule has 1 aromatic carbocycles. The molecule has 4 nitrogen and oxygen atoms in total. The van der Waals surface area contributed by atoms with E-state index < -0.39 is 5.92 Å². The van der Waals surface area contributed by atoms with Crippen molar-refractivity contribution in [3.8, 4) is 0 Å². The van der Waals surface area contributed by atoms with Gasteiger partial charge in [0.1, 0.15) is 0 Å². The quantitative estimate of drug-likeness (QED) is 0.783. The number of hydrogen-bond acceptors (Lipinski definition) is 3. The number of carbonyl (C=O) groups excluding carboxylic acids is 2. The fourth-order valence-corrected chi connectivity index (χ4v) is 3.32. The summed E-state index contributed by atoms with van der Waals surface area (Å²) in [6, 6.07) is 6.69. The molecule has 3 unspecified atom stereocenters. The van der Waals surface area contributed by atoms with Gasteiger partial charge >= 0.3 is 0 Å². The lowest BCUT2D eigenvalue weighted by Crippen LogP contribution is -2.45. The summed E-state index contributed by atoms with van der Waals surface area (Å²) in [6.45, 7) is 3.82. The Balaban J connectivity index is 1.92. The number of halogens is 1. The van der Waals surface area contributed by atoms with E-state index in [9.17, 15) is 14.7 Å². The predicted octanol–water partition coefficient (Wildman–Crippen LogP) is 3.22. The molecule has 2 N–H and O–H groups in total. The van der Waals surface area contributed by atoms with Gasteiger partial charge in [-0.05, 0) is 37.1 Å². The molecule has 1 amide bonds. The fourth-order valence-electron chi connectivity index (χ4n) is 3.19. The highest BCUT2D eigenvalue weighted by Gasteiger charge is 2.39. The number of amides is 1. The van der Waals surface area contributed by atoms with Gasteiger partial charge in [0.2, 0.25) is 5.91 Å². The van der Waals surface area contributed by atoms with Crippen molar-refractivity contribution in [3.05, 3.63) is 34.9 Å². The van der Waals surface area contributed by atoms with Gasteiger partial charge in [-0.2, -0.15) is 0 Å². The number of rotatable bonds is 6. The second-order valence-corrected chi connectivity index (χ2v) is 7.24. The molecule has 1 aliphatic rings. The molecule has 0 heterocycles. The Bertz CT molecular complexity index is 572. The van der Waals surface area contributed by atoms with Crippen molar-refractivity contribution >= 4 is 23.3 Å². The highest BCUT2D eigenvalue weighted by Crippen LogP contribution is 2.37. The van der Waals surface area contributed by atoms with Crippen molar-refractivity contribution < 1.29 is 14.7 Å². The van der Waals surface area contributed by atoms with E-state index in [0.717, 1.165) is 19.3 Å². The van der Waals surface area contributed by atoms with Crippen LogP contribution in [0.1, 0.15) is 49.9 Å². The summed E-state index contributed by atoms with van der Waals surface area (Å²) in [7, 11) is 0. The van der Waals surface area contributed by atoms with Gasteiger partial charge in [-0.3, -0.25) is 9.59 Å². The average Bonchev–Trinajstić information content (AvgIpc) is 2.88. The van der Waals surface area contributed by atoms with Crippen LogP contribution in [-0.4, -0.2) is 29.4 Å². The summed E-state index contributed by atoms with van der Waals surface area (Å²) >= 11 is 5.82. The van der Waals surface area contributed by atoms with E-state index in [-0.39, 0.29) is 36.2 Å². The molecule has 0 aromatic heterocycles. The highest BCUT2D eigenvalue weighted by molar-refractivity contribution is 6.30. The third-order valence-electron chi connectivity index (χ3n) is 4.85. The first-order chi connectivity index (χ1) is 10.9. The van der Waals surface area contributed by atoms with E-state index in [2.05, 4.69) is 5.32 Å². The van der Waals surface area contributed by atoms with Crippen molar-refractivity contribution in [3.63, 3.8) is 0 Å². The third-order valence-corrected chi connectivity index (χ3v) is 5.10. The van der Waals surface area contributed by atoms with Gasteiger partial charge < -0.3 is 10.4 Å². The maximum absolute atomic E-state index is 12.3. The summed E-state index contributed by atoms with van der Waals surface area (Å²) in [5.41, 5.74) is 0.315. The van der Waals surface area contributed by atoms with Crippen LogP contribution in [0.25, 0.3) is 0 Å². The van der Waals surface area contributed by atoms with Crippen molar-refractivity contribution in [2.45, 2.75) is 45.6 Å². The second kappa shape index (κ2) is 7.45. The number of carbonyl (C=O) groups is 2. The fraction of sp³-hybridized carbons (Fsp3) is 0.556. The topological polar surface area (TPSA) is 66.4 Å².